The maximum absolute atomic E-state index is 13.0. The van der Waals surface area contributed by atoms with E-state index >= 15 is 0 Å². The molecule has 0 aromatic rings. The van der Waals surface area contributed by atoms with Crippen molar-refractivity contribution in [3.8, 4) is 0 Å². The highest BCUT2D eigenvalue weighted by atomic mass is 31.2. The van der Waals surface area contributed by atoms with Crippen molar-refractivity contribution in [2.24, 2.45) is 5.92 Å². The molecule has 17 nitrogen and oxygen atoms in total. The molecule has 0 saturated carbocycles. The van der Waals surface area contributed by atoms with Crippen molar-refractivity contribution < 1.29 is 80.2 Å². The van der Waals surface area contributed by atoms with Gasteiger partial charge in [0.1, 0.15) is 19.3 Å². The summed E-state index contributed by atoms with van der Waals surface area (Å²) in [5.74, 6) is -1.35. The lowest BCUT2D eigenvalue weighted by Crippen LogP contribution is -2.30. The number of aliphatic hydroxyl groups excluding tert-OH is 1. The van der Waals surface area contributed by atoms with Crippen molar-refractivity contribution in [2.75, 3.05) is 39.6 Å². The number of hydrogen-bond acceptors (Lipinski definition) is 15. The van der Waals surface area contributed by atoms with Crippen LogP contribution in [0.15, 0.2) is 0 Å². The van der Waals surface area contributed by atoms with Gasteiger partial charge in [0, 0.05) is 25.7 Å². The fourth-order valence-corrected chi connectivity index (χ4v) is 11.3. The molecule has 84 heavy (non-hydrogen) atoms. The van der Waals surface area contributed by atoms with Gasteiger partial charge in [0.05, 0.1) is 26.4 Å². The fraction of sp³-hybridized carbons (Fsp3) is 0.938. The molecule has 0 spiro atoms. The Hall–Kier alpha value is -1.94. The highest BCUT2D eigenvalue weighted by molar-refractivity contribution is 7.47. The number of aliphatic hydroxyl groups is 1. The molecule has 498 valence electrons. The Balaban J connectivity index is 5.19. The Labute approximate surface area is 511 Å². The first kappa shape index (κ1) is 82.1. The minimum Gasteiger partial charge on any atom is -0.462 e. The van der Waals surface area contributed by atoms with Crippen LogP contribution in [-0.2, 0) is 65.4 Å². The summed E-state index contributed by atoms with van der Waals surface area (Å²) in [4.78, 5) is 72.1. The van der Waals surface area contributed by atoms with Crippen molar-refractivity contribution in [2.45, 2.75) is 348 Å². The van der Waals surface area contributed by atoms with E-state index in [9.17, 15) is 43.2 Å². The molecule has 3 N–H and O–H groups in total. The van der Waals surface area contributed by atoms with Gasteiger partial charge in [-0.2, -0.15) is 0 Å². The summed E-state index contributed by atoms with van der Waals surface area (Å²) in [6.45, 7) is 7.17. The van der Waals surface area contributed by atoms with Gasteiger partial charge in [-0.3, -0.25) is 37.3 Å². The van der Waals surface area contributed by atoms with Crippen LogP contribution in [0.1, 0.15) is 330 Å². The standard InChI is InChI=1S/C65H126O17P2/c1-6-9-12-15-18-20-25-30-34-39-44-49-63(68)76-55-61(82-65(70)51-46-41-36-31-27-24-22-23-26-28-33-37-42-47-58(4)5)57-80-84(73,74)78-53-59(66)52-77-83(71,72)79-56-60(54-75-62(67)48-43-38-32-17-14-11-8-3)81-64(69)50-45-40-35-29-21-19-16-13-10-7-2/h58-61,66H,6-57H2,1-5H3,(H,71,72)(H,73,74)/t59-,60+,61+/m0/s1. The summed E-state index contributed by atoms with van der Waals surface area (Å²) >= 11 is 0. The van der Waals surface area contributed by atoms with E-state index < -0.39 is 97.5 Å². The zero-order chi connectivity index (χ0) is 62.0. The van der Waals surface area contributed by atoms with Crippen LogP contribution in [0.5, 0.6) is 0 Å². The zero-order valence-electron chi connectivity index (χ0n) is 54.0. The second-order valence-electron chi connectivity index (χ2n) is 24.0. The molecule has 19 heteroatoms. The van der Waals surface area contributed by atoms with Gasteiger partial charge in [0.15, 0.2) is 12.2 Å². The van der Waals surface area contributed by atoms with Crippen LogP contribution < -0.4 is 0 Å². The highest BCUT2D eigenvalue weighted by Gasteiger charge is 2.30. The van der Waals surface area contributed by atoms with Gasteiger partial charge in [-0.25, -0.2) is 9.13 Å². The van der Waals surface area contributed by atoms with E-state index in [0.29, 0.717) is 25.7 Å². The number of carbonyl (C=O) groups is 4. The number of ether oxygens (including phenoxy) is 4. The molecule has 0 saturated heterocycles. The number of rotatable bonds is 65. The lowest BCUT2D eigenvalue weighted by atomic mass is 10.0. The highest BCUT2D eigenvalue weighted by Crippen LogP contribution is 2.45. The molecule has 0 aromatic heterocycles. The van der Waals surface area contributed by atoms with Crippen LogP contribution in [0, 0.1) is 5.92 Å². The molecule has 0 aliphatic rings. The van der Waals surface area contributed by atoms with Crippen molar-refractivity contribution in [3.05, 3.63) is 0 Å². The molecular formula is C65H126O17P2. The summed E-state index contributed by atoms with van der Waals surface area (Å²) in [6, 6.07) is 0. The molecule has 0 aromatic carbocycles. The molecule has 5 atom stereocenters. The van der Waals surface area contributed by atoms with Gasteiger partial charge < -0.3 is 33.8 Å². The molecule has 0 amide bonds. The topological polar surface area (TPSA) is 237 Å². The number of hydrogen-bond donors (Lipinski definition) is 3. The molecule has 2 unspecified atom stereocenters. The molecule has 0 radical (unpaired) electrons. The third-order valence-corrected chi connectivity index (χ3v) is 16.9. The monoisotopic (exact) mass is 1240 g/mol. The summed E-state index contributed by atoms with van der Waals surface area (Å²) in [7, 11) is -9.88. The second-order valence-corrected chi connectivity index (χ2v) is 26.9. The maximum Gasteiger partial charge on any atom is 0.472 e. The summed E-state index contributed by atoms with van der Waals surface area (Å²) in [5, 5.41) is 10.5. The molecule has 0 aliphatic carbocycles. The van der Waals surface area contributed by atoms with E-state index in [1.165, 1.54) is 141 Å². The molecule has 0 fully saturated rings. The third kappa shape index (κ3) is 59.0. The van der Waals surface area contributed by atoms with Gasteiger partial charge in [-0.05, 0) is 31.6 Å². The number of unbranched alkanes of at least 4 members (excludes halogenated alkanes) is 37. The SMILES string of the molecule is CCCCCCCCCCCCCC(=O)OC[C@H](COP(=O)(O)OC[C@@H](O)COP(=O)(O)OC[C@@H](COC(=O)CCCCCCCCC)OC(=O)CCCCCCCCCCCC)OC(=O)CCCCCCCCCCCCCCCC(C)C. The van der Waals surface area contributed by atoms with E-state index in [4.69, 9.17) is 37.0 Å². The lowest BCUT2D eigenvalue weighted by molar-refractivity contribution is -0.161. The van der Waals surface area contributed by atoms with Crippen LogP contribution in [0.4, 0.5) is 0 Å². The quantitative estimate of drug-likeness (QED) is 0.0222. The Morgan fingerprint density at radius 1 is 0.321 bits per heavy atom. The summed E-state index contributed by atoms with van der Waals surface area (Å²) < 4.78 is 67.9. The van der Waals surface area contributed by atoms with Gasteiger partial charge >= 0.3 is 39.5 Å². The first-order valence-corrected chi connectivity index (χ1v) is 37.1. The van der Waals surface area contributed by atoms with E-state index in [0.717, 1.165) is 109 Å². The maximum atomic E-state index is 13.0. The number of carbonyl (C=O) groups excluding carboxylic acids is 4. The van der Waals surface area contributed by atoms with Gasteiger partial charge in [-0.1, -0.05) is 279 Å². The van der Waals surface area contributed by atoms with Crippen molar-refractivity contribution in [3.63, 3.8) is 0 Å². The van der Waals surface area contributed by atoms with E-state index in [1.807, 2.05) is 0 Å². The van der Waals surface area contributed by atoms with Gasteiger partial charge in [-0.15, -0.1) is 0 Å². The second kappa shape index (κ2) is 58.7. The summed E-state index contributed by atoms with van der Waals surface area (Å²) in [6.07, 6.45) is 43.1. The Bertz CT molecular complexity index is 1640. The molecular weight excluding hydrogens is 1110 g/mol. The third-order valence-electron chi connectivity index (χ3n) is 15.0. The first-order valence-electron chi connectivity index (χ1n) is 34.1. The molecule has 0 aliphatic heterocycles. The zero-order valence-corrected chi connectivity index (χ0v) is 55.8. The van der Waals surface area contributed by atoms with Gasteiger partial charge in [0.2, 0.25) is 0 Å². The fourth-order valence-electron chi connectivity index (χ4n) is 9.76. The normalized spacial score (nSPS) is 14.2. The number of phosphoric ester groups is 2. The molecule has 0 bridgehead atoms. The van der Waals surface area contributed by atoms with E-state index in [-0.39, 0.29) is 25.7 Å². The van der Waals surface area contributed by atoms with Crippen molar-refractivity contribution in [1.82, 2.24) is 0 Å². The van der Waals surface area contributed by atoms with E-state index in [1.54, 1.807) is 0 Å². The smallest absolute Gasteiger partial charge is 0.462 e. The predicted molar refractivity (Wildman–Crippen MR) is 335 cm³/mol. The minimum atomic E-state index is -4.94. The molecule has 0 rings (SSSR count). The van der Waals surface area contributed by atoms with Crippen LogP contribution in [0.3, 0.4) is 0 Å². The Morgan fingerprint density at radius 3 is 0.810 bits per heavy atom. The lowest BCUT2D eigenvalue weighted by Gasteiger charge is -2.21. The van der Waals surface area contributed by atoms with Crippen molar-refractivity contribution >= 4 is 39.5 Å². The van der Waals surface area contributed by atoms with Crippen LogP contribution in [-0.4, -0.2) is 96.7 Å². The van der Waals surface area contributed by atoms with Gasteiger partial charge in [0.25, 0.3) is 0 Å². The minimum absolute atomic E-state index is 0.106. The van der Waals surface area contributed by atoms with Crippen molar-refractivity contribution in [1.29, 1.82) is 0 Å². The first-order chi connectivity index (χ1) is 40.5. The average Bonchev–Trinajstić information content (AvgIpc) is 3.65. The molecule has 0 heterocycles. The van der Waals surface area contributed by atoms with E-state index in [2.05, 4.69) is 34.6 Å². The van der Waals surface area contributed by atoms with Crippen LogP contribution in [0.25, 0.3) is 0 Å². The predicted octanol–water partition coefficient (Wildman–Crippen LogP) is 18.2. The largest absolute Gasteiger partial charge is 0.472 e. The average molecular weight is 1240 g/mol. The Morgan fingerprint density at radius 2 is 0.548 bits per heavy atom. The Kier molecular flexibility index (Phi) is 57.4. The number of esters is 4. The summed E-state index contributed by atoms with van der Waals surface area (Å²) in [5.41, 5.74) is 0. The number of phosphoric acid groups is 2. The van der Waals surface area contributed by atoms with Crippen LogP contribution >= 0.6 is 15.6 Å². The van der Waals surface area contributed by atoms with Crippen LogP contribution in [0.2, 0.25) is 0 Å².